The zero-order valence-electron chi connectivity index (χ0n) is 15.4. The van der Waals surface area contributed by atoms with Crippen LogP contribution in [0.25, 0.3) is 0 Å². The molecule has 4 nitrogen and oxygen atoms in total. The summed E-state index contributed by atoms with van der Waals surface area (Å²) in [6.07, 6.45) is -25.7. The Labute approximate surface area is 164 Å². The molecule has 1 heterocycles. The van der Waals surface area contributed by atoms with E-state index in [2.05, 4.69) is 9.47 Å². The summed E-state index contributed by atoms with van der Waals surface area (Å²) in [7, 11) is 0. The van der Waals surface area contributed by atoms with Gasteiger partial charge in [0.1, 0.15) is 0 Å². The lowest BCUT2D eigenvalue weighted by atomic mass is 9.77. The van der Waals surface area contributed by atoms with Gasteiger partial charge in [-0.25, -0.2) is 0 Å². The molecular weight excluding hydrogens is 479 g/mol. The van der Waals surface area contributed by atoms with Crippen molar-refractivity contribution in [2.45, 2.75) is 75.1 Å². The molecule has 184 valence electrons. The highest BCUT2D eigenvalue weighted by molar-refractivity contribution is 5.78. The highest BCUT2D eigenvalue weighted by Crippen LogP contribution is 2.62. The van der Waals surface area contributed by atoms with Crippen molar-refractivity contribution in [1.29, 1.82) is 0 Å². The second kappa shape index (κ2) is 6.99. The van der Waals surface area contributed by atoms with Crippen LogP contribution in [0.1, 0.15) is 27.2 Å². The van der Waals surface area contributed by atoms with E-state index < -0.39 is 72.6 Å². The van der Waals surface area contributed by atoms with Gasteiger partial charge in [0.25, 0.3) is 0 Å². The largest absolute Gasteiger partial charge is 0.449 e. The van der Waals surface area contributed by atoms with Gasteiger partial charge >= 0.3 is 42.1 Å². The monoisotopic (exact) mass is 492 g/mol. The fraction of sp³-hybridized carbons (Fsp3) is 0.929. The van der Waals surface area contributed by atoms with E-state index in [0.717, 1.165) is 0 Å². The van der Waals surface area contributed by atoms with E-state index in [-0.39, 0.29) is 6.92 Å². The SMILES string of the molecule is CCC(C)(C(=O)OC1(C)C(F)(F)C(C(F)(F)F)OC(O)(C(F)(F)F)C1(F)F)C(F)(F)F. The molecule has 4 atom stereocenters. The van der Waals surface area contributed by atoms with Gasteiger partial charge in [-0.15, -0.1) is 0 Å². The fourth-order valence-electron chi connectivity index (χ4n) is 2.51. The number of esters is 1. The predicted molar refractivity (Wildman–Crippen MR) is 70.8 cm³/mol. The van der Waals surface area contributed by atoms with Crippen LogP contribution < -0.4 is 0 Å². The highest BCUT2D eigenvalue weighted by atomic mass is 19.4. The zero-order valence-corrected chi connectivity index (χ0v) is 15.4. The topological polar surface area (TPSA) is 55.8 Å². The molecule has 1 fully saturated rings. The van der Waals surface area contributed by atoms with E-state index in [1.807, 2.05) is 0 Å². The quantitative estimate of drug-likeness (QED) is 0.457. The van der Waals surface area contributed by atoms with E-state index in [4.69, 9.17) is 0 Å². The summed E-state index contributed by atoms with van der Waals surface area (Å²) < 4.78 is 181. The van der Waals surface area contributed by atoms with E-state index in [0.29, 0.717) is 6.92 Å². The van der Waals surface area contributed by atoms with Gasteiger partial charge < -0.3 is 14.6 Å². The molecule has 0 radical (unpaired) electrons. The fourth-order valence-corrected chi connectivity index (χ4v) is 2.51. The molecule has 17 heteroatoms. The minimum atomic E-state index is -6.90. The average Bonchev–Trinajstić information content (AvgIpc) is 2.53. The molecule has 0 aromatic heterocycles. The number of ether oxygens (including phenoxy) is 2. The van der Waals surface area contributed by atoms with Gasteiger partial charge in [-0.1, -0.05) is 6.92 Å². The number of hydrogen-bond acceptors (Lipinski definition) is 4. The van der Waals surface area contributed by atoms with Gasteiger partial charge in [0.05, 0.1) is 0 Å². The third-order valence-electron chi connectivity index (χ3n) is 5.04. The molecule has 0 spiro atoms. The number of alkyl halides is 13. The minimum absolute atomic E-state index is 0.0640. The molecule has 0 saturated carbocycles. The van der Waals surface area contributed by atoms with Crippen molar-refractivity contribution in [2.24, 2.45) is 5.41 Å². The zero-order chi connectivity index (χ0) is 25.3. The van der Waals surface area contributed by atoms with Crippen molar-refractivity contribution in [3.8, 4) is 0 Å². The third-order valence-corrected chi connectivity index (χ3v) is 5.04. The van der Waals surface area contributed by atoms with Crippen molar-refractivity contribution in [3.63, 3.8) is 0 Å². The van der Waals surface area contributed by atoms with Crippen molar-refractivity contribution in [2.75, 3.05) is 0 Å². The Bertz CT molecular complexity index is 712. The molecule has 0 aliphatic carbocycles. The van der Waals surface area contributed by atoms with Crippen LogP contribution in [-0.4, -0.2) is 58.9 Å². The Kier molecular flexibility index (Phi) is 6.20. The number of carbonyl (C=O) groups is 1. The van der Waals surface area contributed by atoms with Gasteiger partial charge in [-0.3, -0.25) is 4.79 Å². The summed E-state index contributed by atoms with van der Waals surface area (Å²) in [6.45, 7) is -0.344. The Hall–Kier alpha value is -1.52. The number of rotatable bonds is 3. The van der Waals surface area contributed by atoms with E-state index in [1.54, 1.807) is 0 Å². The maximum atomic E-state index is 14.5. The third kappa shape index (κ3) is 3.60. The number of halogens is 13. The Balaban J connectivity index is 3.85. The first-order valence-electron chi connectivity index (χ1n) is 7.87. The lowest BCUT2D eigenvalue weighted by Gasteiger charge is -2.55. The highest BCUT2D eigenvalue weighted by Gasteiger charge is 2.91. The van der Waals surface area contributed by atoms with Crippen LogP contribution in [0.15, 0.2) is 0 Å². The van der Waals surface area contributed by atoms with Gasteiger partial charge in [0.15, 0.2) is 5.41 Å². The molecular formula is C14H13F13O4. The summed E-state index contributed by atoms with van der Waals surface area (Å²) >= 11 is 0. The van der Waals surface area contributed by atoms with Crippen molar-refractivity contribution >= 4 is 5.97 Å². The second-order valence-electron chi connectivity index (χ2n) is 6.98. The Morgan fingerprint density at radius 2 is 1.42 bits per heavy atom. The van der Waals surface area contributed by atoms with Crippen LogP contribution in [0.4, 0.5) is 57.1 Å². The second-order valence-corrected chi connectivity index (χ2v) is 6.98. The van der Waals surface area contributed by atoms with E-state index in [1.165, 1.54) is 0 Å². The summed E-state index contributed by atoms with van der Waals surface area (Å²) in [5.41, 5.74) is -9.48. The maximum Gasteiger partial charge on any atom is 0.449 e. The van der Waals surface area contributed by atoms with Crippen molar-refractivity contribution in [3.05, 3.63) is 0 Å². The average molecular weight is 492 g/mol. The normalized spacial score (nSPS) is 33.5. The van der Waals surface area contributed by atoms with Crippen LogP contribution in [0.2, 0.25) is 0 Å². The van der Waals surface area contributed by atoms with Crippen molar-refractivity contribution in [1.82, 2.24) is 0 Å². The Morgan fingerprint density at radius 3 is 1.71 bits per heavy atom. The maximum absolute atomic E-state index is 14.5. The molecule has 1 aliphatic rings. The summed E-state index contributed by atoms with van der Waals surface area (Å²) in [6, 6.07) is 0. The summed E-state index contributed by atoms with van der Waals surface area (Å²) in [4.78, 5) is 11.9. The summed E-state index contributed by atoms with van der Waals surface area (Å²) in [5.74, 6) is -22.3. The molecule has 1 rings (SSSR count). The first-order valence-corrected chi connectivity index (χ1v) is 7.87. The molecule has 1 aliphatic heterocycles. The molecule has 31 heavy (non-hydrogen) atoms. The molecule has 1 N–H and O–H groups in total. The van der Waals surface area contributed by atoms with Crippen LogP contribution in [-0.2, 0) is 14.3 Å². The molecule has 0 aromatic carbocycles. The van der Waals surface area contributed by atoms with Gasteiger partial charge in [-0.2, -0.15) is 57.1 Å². The van der Waals surface area contributed by atoms with E-state index in [9.17, 15) is 67.0 Å². The van der Waals surface area contributed by atoms with E-state index >= 15 is 0 Å². The minimum Gasteiger partial charge on any atom is -0.445 e. The number of hydrogen-bond donors (Lipinski definition) is 1. The molecule has 0 aromatic rings. The Morgan fingerprint density at radius 1 is 1.00 bits per heavy atom. The predicted octanol–water partition coefficient (Wildman–Crippen LogP) is 4.75. The van der Waals surface area contributed by atoms with Gasteiger partial charge in [0.2, 0.25) is 11.7 Å². The van der Waals surface area contributed by atoms with Crippen molar-refractivity contribution < 1.29 is 76.5 Å². The van der Waals surface area contributed by atoms with Crippen LogP contribution >= 0.6 is 0 Å². The lowest BCUT2D eigenvalue weighted by molar-refractivity contribution is -0.531. The molecule has 0 amide bonds. The van der Waals surface area contributed by atoms with Gasteiger partial charge in [-0.05, 0) is 20.3 Å². The number of carbonyl (C=O) groups excluding carboxylic acids is 1. The molecule has 1 saturated heterocycles. The van der Waals surface area contributed by atoms with Gasteiger partial charge in [0, 0.05) is 0 Å². The lowest BCUT2D eigenvalue weighted by Crippen LogP contribution is -2.83. The van der Waals surface area contributed by atoms with Crippen LogP contribution in [0, 0.1) is 5.41 Å². The molecule has 4 unspecified atom stereocenters. The summed E-state index contributed by atoms with van der Waals surface area (Å²) in [5, 5.41) is 9.23. The first-order chi connectivity index (χ1) is 13.3. The molecule has 0 bridgehead atoms. The standard InChI is InChI=1S/C14H13F13O4/c1-4-7(2,13(22,23)24)6(28)31-8(3)9(15,16)5(10(17,18)19)30-12(29,11(8,20)21)14(25,26)27/h5,29H,4H2,1-3H3. The van der Waals surface area contributed by atoms with Crippen LogP contribution in [0.5, 0.6) is 0 Å². The first kappa shape index (κ1) is 27.5. The number of aliphatic hydroxyl groups is 1. The van der Waals surface area contributed by atoms with Crippen LogP contribution in [0.3, 0.4) is 0 Å². The smallest absolute Gasteiger partial charge is 0.445 e.